The highest BCUT2D eigenvalue weighted by Crippen LogP contribution is 2.24. The van der Waals surface area contributed by atoms with Crippen LogP contribution in [0.25, 0.3) is 10.6 Å². The van der Waals surface area contributed by atoms with Crippen molar-refractivity contribution in [2.24, 2.45) is 5.92 Å². The van der Waals surface area contributed by atoms with Gasteiger partial charge in [-0.05, 0) is 18.1 Å². The summed E-state index contributed by atoms with van der Waals surface area (Å²) in [4.78, 5) is 19.7. The molecular formula is C13H15N3OS. The Kier molecular flexibility index (Phi) is 4.04. The van der Waals surface area contributed by atoms with E-state index < -0.39 is 0 Å². The lowest BCUT2D eigenvalue weighted by atomic mass is 10.2. The quantitative estimate of drug-likeness (QED) is 0.840. The van der Waals surface area contributed by atoms with Crippen molar-refractivity contribution in [1.29, 1.82) is 0 Å². The van der Waals surface area contributed by atoms with Crippen molar-refractivity contribution in [3.05, 3.63) is 29.4 Å². The number of nitrogens with zero attached hydrogens (tertiary/aromatic N) is 2. The fourth-order valence-electron chi connectivity index (χ4n) is 1.41. The zero-order valence-electron chi connectivity index (χ0n) is 10.4. The number of pyridine rings is 1. The van der Waals surface area contributed by atoms with E-state index in [0.717, 1.165) is 29.2 Å². The summed E-state index contributed by atoms with van der Waals surface area (Å²) in [7, 11) is 0. The smallest absolute Gasteiger partial charge is 0.161 e. The minimum Gasteiger partial charge on any atom is -0.370 e. The van der Waals surface area contributed by atoms with E-state index in [9.17, 15) is 4.79 Å². The molecule has 2 heterocycles. The fourth-order valence-corrected chi connectivity index (χ4v) is 2.13. The van der Waals surface area contributed by atoms with Gasteiger partial charge in [0.1, 0.15) is 10.8 Å². The summed E-state index contributed by atoms with van der Waals surface area (Å²) in [6.07, 6.45) is 4.17. The molecule has 0 radical (unpaired) electrons. The van der Waals surface area contributed by atoms with E-state index >= 15 is 0 Å². The summed E-state index contributed by atoms with van der Waals surface area (Å²) in [5.41, 5.74) is 0.934. The molecular weight excluding hydrogens is 246 g/mol. The van der Waals surface area contributed by atoms with E-state index in [2.05, 4.69) is 29.1 Å². The molecule has 0 aromatic carbocycles. The number of anilines is 1. The Bertz CT molecular complexity index is 519. The van der Waals surface area contributed by atoms with E-state index in [1.807, 2.05) is 12.1 Å². The first kappa shape index (κ1) is 12.7. The van der Waals surface area contributed by atoms with Crippen LogP contribution in [0, 0.1) is 5.92 Å². The number of hydrogen-bond acceptors (Lipinski definition) is 5. The molecule has 5 heteroatoms. The Hall–Kier alpha value is -1.75. The number of nitrogens with one attached hydrogen (secondary N) is 1. The zero-order valence-corrected chi connectivity index (χ0v) is 11.2. The Morgan fingerprint density at radius 1 is 1.33 bits per heavy atom. The summed E-state index contributed by atoms with van der Waals surface area (Å²) in [6, 6.07) is 3.89. The Morgan fingerprint density at radius 2 is 2.17 bits per heavy atom. The SMILES string of the molecule is CC(C)CNc1ccc(-c2ncc(C=O)s2)cn1. The van der Waals surface area contributed by atoms with Gasteiger partial charge in [-0.25, -0.2) is 9.97 Å². The van der Waals surface area contributed by atoms with Crippen molar-refractivity contribution in [2.45, 2.75) is 13.8 Å². The molecule has 0 saturated carbocycles. The van der Waals surface area contributed by atoms with E-state index in [-0.39, 0.29) is 0 Å². The van der Waals surface area contributed by atoms with E-state index in [4.69, 9.17) is 0 Å². The van der Waals surface area contributed by atoms with E-state index in [1.165, 1.54) is 11.3 Å². The molecule has 1 N–H and O–H groups in total. The second kappa shape index (κ2) is 5.73. The minimum absolute atomic E-state index is 0.584. The van der Waals surface area contributed by atoms with Gasteiger partial charge in [0, 0.05) is 24.5 Å². The van der Waals surface area contributed by atoms with Gasteiger partial charge in [-0.1, -0.05) is 13.8 Å². The highest BCUT2D eigenvalue weighted by molar-refractivity contribution is 7.16. The molecule has 0 aliphatic heterocycles. The maximum absolute atomic E-state index is 10.6. The maximum Gasteiger partial charge on any atom is 0.161 e. The second-order valence-electron chi connectivity index (χ2n) is 4.39. The van der Waals surface area contributed by atoms with Gasteiger partial charge >= 0.3 is 0 Å². The molecule has 0 spiro atoms. The lowest BCUT2D eigenvalue weighted by Crippen LogP contribution is -2.08. The second-order valence-corrected chi connectivity index (χ2v) is 5.45. The molecule has 0 saturated heterocycles. The number of hydrogen-bond donors (Lipinski definition) is 1. The molecule has 0 aliphatic carbocycles. The van der Waals surface area contributed by atoms with Crippen LogP contribution in [0.4, 0.5) is 5.82 Å². The maximum atomic E-state index is 10.6. The summed E-state index contributed by atoms with van der Waals surface area (Å²) >= 11 is 1.37. The predicted octanol–water partition coefficient (Wildman–Crippen LogP) is 3.09. The van der Waals surface area contributed by atoms with Crippen molar-refractivity contribution in [3.63, 3.8) is 0 Å². The Labute approximate surface area is 110 Å². The first-order chi connectivity index (χ1) is 8.69. The minimum atomic E-state index is 0.584. The van der Waals surface area contributed by atoms with Gasteiger partial charge in [0.15, 0.2) is 6.29 Å². The Balaban J connectivity index is 2.09. The van der Waals surface area contributed by atoms with Crippen molar-refractivity contribution in [2.75, 3.05) is 11.9 Å². The average Bonchev–Trinajstić information content (AvgIpc) is 2.85. The molecule has 94 valence electrons. The summed E-state index contributed by atoms with van der Waals surface area (Å²) in [6.45, 7) is 5.20. The number of thiazole rings is 1. The molecule has 2 aromatic heterocycles. The van der Waals surface area contributed by atoms with E-state index in [1.54, 1.807) is 12.4 Å². The first-order valence-corrected chi connectivity index (χ1v) is 6.62. The van der Waals surface area contributed by atoms with Gasteiger partial charge in [-0.2, -0.15) is 0 Å². The molecule has 0 atom stereocenters. The van der Waals surface area contributed by atoms with E-state index in [0.29, 0.717) is 10.8 Å². The van der Waals surface area contributed by atoms with Crippen LogP contribution in [0.5, 0.6) is 0 Å². The monoisotopic (exact) mass is 261 g/mol. The zero-order chi connectivity index (χ0) is 13.0. The number of aromatic nitrogens is 2. The standard InChI is InChI=1S/C13H15N3OS/c1-9(2)5-14-12-4-3-10(6-15-12)13-16-7-11(8-17)18-13/h3-4,6-9H,5H2,1-2H3,(H,14,15). The van der Waals surface area contributed by atoms with Gasteiger partial charge in [0.2, 0.25) is 0 Å². The van der Waals surface area contributed by atoms with Gasteiger partial charge in [-0.15, -0.1) is 11.3 Å². The largest absolute Gasteiger partial charge is 0.370 e. The van der Waals surface area contributed by atoms with Gasteiger partial charge in [-0.3, -0.25) is 4.79 Å². The van der Waals surface area contributed by atoms with Crippen molar-refractivity contribution in [1.82, 2.24) is 9.97 Å². The molecule has 4 nitrogen and oxygen atoms in total. The topological polar surface area (TPSA) is 54.9 Å². The number of carbonyl (C=O) groups is 1. The summed E-state index contributed by atoms with van der Waals surface area (Å²) < 4.78 is 0. The molecule has 0 unspecified atom stereocenters. The predicted molar refractivity (Wildman–Crippen MR) is 74.1 cm³/mol. The Morgan fingerprint density at radius 3 is 2.72 bits per heavy atom. The third-order valence-electron chi connectivity index (χ3n) is 2.34. The van der Waals surface area contributed by atoms with Crippen LogP contribution in [-0.2, 0) is 0 Å². The highest BCUT2D eigenvalue weighted by atomic mass is 32.1. The van der Waals surface area contributed by atoms with Crippen molar-refractivity contribution >= 4 is 23.4 Å². The normalized spacial score (nSPS) is 10.6. The third-order valence-corrected chi connectivity index (χ3v) is 3.31. The van der Waals surface area contributed by atoms with Gasteiger partial charge in [0.25, 0.3) is 0 Å². The average molecular weight is 261 g/mol. The molecule has 18 heavy (non-hydrogen) atoms. The molecule has 0 bridgehead atoms. The summed E-state index contributed by atoms with van der Waals surface area (Å²) in [5, 5.41) is 4.07. The first-order valence-electron chi connectivity index (χ1n) is 5.80. The van der Waals surface area contributed by atoms with Crippen LogP contribution in [0.1, 0.15) is 23.5 Å². The lowest BCUT2D eigenvalue weighted by Gasteiger charge is -2.07. The van der Waals surface area contributed by atoms with Gasteiger partial charge < -0.3 is 5.32 Å². The fraction of sp³-hybridized carbons (Fsp3) is 0.308. The van der Waals surface area contributed by atoms with Crippen LogP contribution in [0.3, 0.4) is 0 Å². The molecule has 0 aliphatic rings. The number of rotatable bonds is 5. The molecule has 0 amide bonds. The third kappa shape index (κ3) is 3.13. The molecule has 2 rings (SSSR count). The van der Waals surface area contributed by atoms with Crippen LogP contribution >= 0.6 is 11.3 Å². The summed E-state index contributed by atoms with van der Waals surface area (Å²) in [5.74, 6) is 1.44. The van der Waals surface area contributed by atoms with Crippen LogP contribution in [0.2, 0.25) is 0 Å². The van der Waals surface area contributed by atoms with Crippen LogP contribution < -0.4 is 5.32 Å². The molecule has 2 aromatic rings. The van der Waals surface area contributed by atoms with Crippen molar-refractivity contribution in [3.8, 4) is 10.6 Å². The lowest BCUT2D eigenvalue weighted by molar-refractivity contribution is 0.112. The van der Waals surface area contributed by atoms with Gasteiger partial charge in [0.05, 0.1) is 4.88 Å². The molecule has 0 fully saturated rings. The highest BCUT2D eigenvalue weighted by Gasteiger charge is 2.05. The number of aldehydes is 1. The van der Waals surface area contributed by atoms with Crippen LogP contribution in [0.15, 0.2) is 24.5 Å². The van der Waals surface area contributed by atoms with Crippen LogP contribution in [-0.4, -0.2) is 22.8 Å². The van der Waals surface area contributed by atoms with Crippen molar-refractivity contribution < 1.29 is 4.79 Å². The number of carbonyl (C=O) groups excluding carboxylic acids is 1.